The standard InChI is InChI=1S/C24H26ClNO5/c1-3-4-13-31-19-7-5-6-17(15-19)22(27)20-21(16-8-10-18(25)11-9-16)26(12-14-30-2)24(29)23(20)28/h5-11,15,21,27H,3-4,12-14H2,1-2H3. The first-order chi connectivity index (χ1) is 15.0. The van der Waals surface area contributed by atoms with Crippen molar-refractivity contribution in [2.75, 3.05) is 26.9 Å². The number of carbonyl (C=O) groups is 2. The number of halogens is 1. The molecule has 1 amide bonds. The quantitative estimate of drug-likeness (QED) is 0.265. The molecule has 0 aromatic heterocycles. The van der Waals surface area contributed by atoms with Crippen molar-refractivity contribution in [1.82, 2.24) is 4.90 Å². The Balaban J connectivity index is 2.05. The molecule has 0 aliphatic carbocycles. The van der Waals surface area contributed by atoms with Crippen LogP contribution in [-0.2, 0) is 14.3 Å². The third-order valence-electron chi connectivity index (χ3n) is 5.14. The first kappa shape index (κ1) is 22.8. The van der Waals surface area contributed by atoms with Gasteiger partial charge in [-0.05, 0) is 36.2 Å². The zero-order chi connectivity index (χ0) is 22.4. The molecule has 0 saturated carbocycles. The molecule has 1 saturated heterocycles. The second-order valence-corrected chi connectivity index (χ2v) is 7.70. The summed E-state index contributed by atoms with van der Waals surface area (Å²) in [6.45, 7) is 3.11. The molecule has 1 heterocycles. The van der Waals surface area contributed by atoms with Crippen LogP contribution < -0.4 is 4.74 Å². The van der Waals surface area contributed by atoms with E-state index in [9.17, 15) is 14.7 Å². The van der Waals surface area contributed by atoms with Crippen LogP contribution in [0.4, 0.5) is 0 Å². The molecule has 164 valence electrons. The van der Waals surface area contributed by atoms with Crippen molar-refractivity contribution >= 4 is 29.1 Å². The predicted molar refractivity (Wildman–Crippen MR) is 119 cm³/mol. The normalized spacial score (nSPS) is 17.9. The molecular formula is C24H26ClNO5. The maximum Gasteiger partial charge on any atom is 0.295 e. The minimum Gasteiger partial charge on any atom is -0.507 e. The van der Waals surface area contributed by atoms with Gasteiger partial charge in [-0.2, -0.15) is 0 Å². The van der Waals surface area contributed by atoms with E-state index in [4.69, 9.17) is 21.1 Å². The first-order valence-electron chi connectivity index (χ1n) is 10.2. The minimum atomic E-state index is -0.739. The molecule has 1 fully saturated rings. The van der Waals surface area contributed by atoms with Crippen molar-refractivity contribution < 1.29 is 24.2 Å². The third kappa shape index (κ3) is 5.09. The first-order valence-corrected chi connectivity index (χ1v) is 10.6. The Morgan fingerprint density at radius 2 is 1.87 bits per heavy atom. The number of likely N-dealkylation sites (tertiary alicyclic amines) is 1. The summed E-state index contributed by atoms with van der Waals surface area (Å²) >= 11 is 6.02. The van der Waals surface area contributed by atoms with Crippen molar-refractivity contribution in [3.63, 3.8) is 0 Å². The molecule has 1 aliphatic heterocycles. The van der Waals surface area contributed by atoms with E-state index < -0.39 is 17.7 Å². The summed E-state index contributed by atoms with van der Waals surface area (Å²) in [4.78, 5) is 27.1. The number of unbranched alkanes of at least 4 members (excludes halogenated alkanes) is 1. The van der Waals surface area contributed by atoms with E-state index >= 15 is 0 Å². The van der Waals surface area contributed by atoms with Gasteiger partial charge in [-0.3, -0.25) is 9.59 Å². The van der Waals surface area contributed by atoms with Gasteiger partial charge < -0.3 is 19.5 Å². The number of rotatable bonds is 9. The number of ketones is 1. The summed E-state index contributed by atoms with van der Waals surface area (Å²) in [5, 5.41) is 11.6. The lowest BCUT2D eigenvalue weighted by Gasteiger charge is -2.25. The molecule has 0 bridgehead atoms. The molecule has 1 unspecified atom stereocenters. The van der Waals surface area contributed by atoms with Crippen LogP contribution in [0.3, 0.4) is 0 Å². The Kier molecular flexibility index (Phi) is 7.71. The SMILES string of the molecule is CCCCOc1cccc(C(O)=C2C(=O)C(=O)N(CCOC)C2c2ccc(Cl)cc2)c1. The Morgan fingerprint density at radius 3 is 2.55 bits per heavy atom. The van der Waals surface area contributed by atoms with Gasteiger partial charge in [0.1, 0.15) is 11.5 Å². The Labute approximate surface area is 187 Å². The van der Waals surface area contributed by atoms with Crippen molar-refractivity contribution in [2.45, 2.75) is 25.8 Å². The fraction of sp³-hybridized carbons (Fsp3) is 0.333. The molecule has 0 radical (unpaired) electrons. The lowest BCUT2D eigenvalue weighted by molar-refractivity contribution is -0.140. The van der Waals surface area contributed by atoms with E-state index in [-0.39, 0.29) is 24.5 Å². The molecule has 2 aromatic carbocycles. The van der Waals surface area contributed by atoms with Crippen LogP contribution in [0.25, 0.3) is 5.76 Å². The summed E-state index contributed by atoms with van der Waals surface area (Å²) in [6, 6.07) is 13.0. The van der Waals surface area contributed by atoms with Gasteiger partial charge in [0.05, 0.1) is 24.8 Å². The lowest BCUT2D eigenvalue weighted by atomic mass is 9.95. The summed E-state index contributed by atoms with van der Waals surface area (Å²) in [6.07, 6.45) is 1.92. The fourth-order valence-corrected chi connectivity index (χ4v) is 3.64. The van der Waals surface area contributed by atoms with E-state index in [1.54, 1.807) is 48.5 Å². The summed E-state index contributed by atoms with van der Waals surface area (Å²) in [5.41, 5.74) is 1.13. The highest BCUT2D eigenvalue weighted by Gasteiger charge is 2.45. The number of amides is 1. The zero-order valence-corrected chi connectivity index (χ0v) is 18.4. The summed E-state index contributed by atoms with van der Waals surface area (Å²) in [5.74, 6) is -1.05. The van der Waals surface area contributed by atoms with E-state index in [1.807, 2.05) is 0 Å². The molecule has 7 heteroatoms. The summed E-state index contributed by atoms with van der Waals surface area (Å²) in [7, 11) is 1.53. The molecule has 1 aliphatic rings. The van der Waals surface area contributed by atoms with E-state index in [0.29, 0.717) is 28.5 Å². The number of hydrogen-bond donors (Lipinski definition) is 1. The Morgan fingerprint density at radius 1 is 1.13 bits per heavy atom. The van der Waals surface area contributed by atoms with Crippen LogP contribution >= 0.6 is 11.6 Å². The van der Waals surface area contributed by atoms with Gasteiger partial charge in [0.25, 0.3) is 11.7 Å². The number of benzene rings is 2. The predicted octanol–water partition coefficient (Wildman–Crippen LogP) is 4.59. The van der Waals surface area contributed by atoms with Crippen molar-refractivity contribution in [2.24, 2.45) is 0 Å². The van der Waals surface area contributed by atoms with Gasteiger partial charge >= 0.3 is 0 Å². The van der Waals surface area contributed by atoms with Gasteiger partial charge in [-0.25, -0.2) is 0 Å². The third-order valence-corrected chi connectivity index (χ3v) is 5.39. The molecule has 1 atom stereocenters. The van der Waals surface area contributed by atoms with Gasteiger partial charge in [-0.15, -0.1) is 0 Å². The van der Waals surface area contributed by atoms with Crippen LogP contribution in [0.5, 0.6) is 5.75 Å². The van der Waals surface area contributed by atoms with E-state index in [2.05, 4.69) is 6.92 Å². The number of ether oxygens (including phenoxy) is 2. The second kappa shape index (κ2) is 10.5. The largest absolute Gasteiger partial charge is 0.507 e. The number of carbonyl (C=O) groups excluding carboxylic acids is 2. The molecule has 3 rings (SSSR count). The second-order valence-electron chi connectivity index (χ2n) is 7.27. The highest BCUT2D eigenvalue weighted by Crippen LogP contribution is 2.39. The van der Waals surface area contributed by atoms with Crippen molar-refractivity contribution in [3.05, 3.63) is 70.3 Å². The van der Waals surface area contributed by atoms with E-state index in [1.165, 1.54) is 12.0 Å². The lowest BCUT2D eigenvalue weighted by Crippen LogP contribution is -2.32. The number of methoxy groups -OCH3 is 1. The van der Waals surface area contributed by atoms with Crippen LogP contribution in [-0.4, -0.2) is 48.6 Å². The minimum absolute atomic E-state index is 0.0362. The average molecular weight is 444 g/mol. The molecule has 31 heavy (non-hydrogen) atoms. The maximum absolute atomic E-state index is 12.9. The van der Waals surface area contributed by atoms with Gasteiger partial charge in [0.15, 0.2) is 0 Å². The fourth-order valence-electron chi connectivity index (χ4n) is 3.51. The number of hydrogen-bond acceptors (Lipinski definition) is 5. The van der Waals surface area contributed by atoms with Crippen molar-refractivity contribution in [3.8, 4) is 5.75 Å². The smallest absolute Gasteiger partial charge is 0.295 e. The monoisotopic (exact) mass is 443 g/mol. The number of aliphatic hydroxyl groups excluding tert-OH is 1. The van der Waals surface area contributed by atoms with Crippen LogP contribution in [0.2, 0.25) is 5.02 Å². The van der Waals surface area contributed by atoms with Gasteiger partial charge in [0, 0.05) is 24.2 Å². The van der Waals surface area contributed by atoms with Gasteiger partial charge in [0.2, 0.25) is 0 Å². The molecule has 6 nitrogen and oxygen atoms in total. The average Bonchev–Trinajstić information content (AvgIpc) is 3.03. The summed E-state index contributed by atoms with van der Waals surface area (Å²) < 4.78 is 10.8. The highest BCUT2D eigenvalue weighted by atomic mass is 35.5. The highest BCUT2D eigenvalue weighted by molar-refractivity contribution is 6.46. The maximum atomic E-state index is 12.9. The van der Waals surface area contributed by atoms with E-state index in [0.717, 1.165) is 12.8 Å². The number of nitrogens with zero attached hydrogens (tertiary/aromatic N) is 1. The number of Topliss-reactive ketones (excluding diaryl/α,β-unsaturated/α-hetero) is 1. The molecule has 0 spiro atoms. The van der Waals surface area contributed by atoms with Crippen LogP contribution in [0.1, 0.15) is 36.9 Å². The topological polar surface area (TPSA) is 76.1 Å². The Hall–Kier alpha value is -2.83. The molecule has 1 N–H and O–H groups in total. The Bertz CT molecular complexity index is 970. The number of aliphatic hydroxyl groups is 1. The zero-order valence-electron chi connectivity index (χ0n) is 17.6. The molecule has 2 aromatic rings. The van der Waals surface area contributed by atoms with Crippen LogP contribution in [0.15, 0.2) is 54.1 Å². The molecular weight excluding hydrogens is 418 g/mol. The van der Waals surface area contributed by atoms with Crippen LogP contribution in [0, 0.1) is 0 Å². The van der Waals surface area contributed by atoms with Crippen molar-refractivity contribution in [1.29, 1.82) is 0 Å². The van der Waals surface area contributed by atoms with Gasteiger partial charge in [-0.1, -0.05) is 49.2 Å².